The zero-order valence-electron chi connectivity index (χ0n) is 9.45. The first-order chi connectivity index (χ1) is 8.61. The lowest BCUT2D eigenvalue weighted by Crippen LogP contribution is -1.99. The summed E-state index contributed by atoms with van der Waals surface area (Å²) in [6.45, 7) is 0.275. The summed E-state index contributed by atoms with van der Waals surface area (Å²) in [5.74, 6) is -0.376. The molecule has 0 atom stereocenters. The second kappa shape index (κ2) is 5.61. The van der Waals surface area contributed by atoms with Gasteiger partial charge >= 0.3 is 0 Å². The number of aromatic nitrogens is 2. The topological polar surface area (TPSA) is 35.0 Å². The quantitative estimate of drug-likeness (QED) is 0.807. The largest absolute Gasteiger partial charge is 0.378 e. The maximum atomic E-state index is 13.9. The van der Waals surface area contributed by atoms with E-state index in [4.69, 9.17) is 27.9 Å². The van der Waals surface area contributed by atoms with Crippen molar-refractivity contribution in [3.63, 3.8) is 0 Å². The highest BCUT2D eigenvalue weighted by Gasteiger charge is 2.12. The van der Waals surface area contributed by atoms with Gasteiger partial charge in [0.15, 0.2) is 11.6 Å². The van der Waals surface area contributed by atoms with Crippen molar-refractivity contribution < 1.29 is 9.13 Å². The van der Waals surface area contributed by atoms with Crippen molar-refractivity contribution in [1.29, 1.82) is 0 Å². The Kier molecular flexibility index (Phi) is 4.11. The Balaban J connectivity index is 2.53. The Morgan fingerprint density at radius 2 is 2.06 bits per heavy atom. The van der Waals surface area contributed by atoms with Crippen LogP contribution >= 0.6 is 23.2 Å². The zero-order chi connectivity index (χ0) is 13.1. The number of rotatable bonds is 3. The molecule has 0 spiro atoms. The van der Waals surface area contributed by atoms with Crippen LogP contribution in [0.5, 0.6) is 0 Å². The van der Waals surface area contributed by atoms with E-state index in [1.54, 1.807) is 18.2 Å². The summed E-state index contributed by atoms with van der Waals surface area (Å²) in [6.07, 6.45) is 0. The van der Waals surface area contributed by atoms with E-state index < -0.39 is 5.82 Å². The molecule has 6 heteroatoms. The van der Waals surface area contributed by atoms with E-state index in [0.717, 1.165) is 0 Å². The molecule has 1 heterocycles. The number of methoxy groups -OCH3 is 1. The molecule has 0 unspecified atom stereocenters. The molecule has 0 aliphatic heterocycles. The van der Waals surface area contributed by atoms with Crippen LogP contribution in [0.4, 0.5) is 4.39 Å². The molecule has 1 aromatic heterocycles. The van der Waals surface area contributed by atoms with Gasteiger partial charge in [-0.3, -0.25) is 0 Å². The molecular formula is C12H9Cl2FN2O. The molecule has 0 amide bonds. The summed E-state index contributed by atoms with van der Waals surface area (Å²) >= 11 is 11.6. The minimum Gasteiger partial charge on any atom is -0.378 e. The number of nitrogens with zero attached hydrogens (tertiary/aromatic N) is 2. The Hall–Kier alpha value is -1.23. The molecule has 0 bridgehead atoms. The van der Waals surface area contributed by atoms with Crippen LogP contribution in [0.15, 0.2) is 24.3 Å². The van der Waals surface area contributed by atoms with Gasteiger partial charge in [-0.25, -0.2) is 14.4 Å². The van der Waals surface area contributed by atoms with Gasteiger partial charge in [0, 0.05) is 7.11 Å². The van der Waals surface area contributed by atoms with Crippen LogP contribution in [0, 0.1) is 5.82 Å². The van der Waals surface area contributed by atoms with Gasteiger partial charge in [-0.05, 0) is 18.2 Å². The molecule has 0 N–H and O–H groups in total. The molecule has 2 rings (SSSR count). The summed E-state index contributed by atoms with van der Waals surface area (Å²) in [6, 6.07) is 6.20. The van der Waals surface area contributed by atoms with Crippen LogP contribution < -0.4 is 0 Å². The van der Waals surface area contributed by atoms with Crippen molar-refractivity contribution >= 4 is 23.2 Å². The molecule has 2 aromatic rings. The smallest absolute Gasteiger partial charge is 0.164 e. The van der Waals surface area contributed by atoms with Crippen LogP contribution in [0.2, 0.25) is 10.2 Å². The van der Waals surface area contributed by atoms with Crippen molar-refractivity contribution in [3.05, 3.63) is 46.0 Å². The Labute approximate surface area is 114 Å². The van der Waals surface area contributed by atoms with Crippen molar-refractivity contribution in [2.24, 2.45) is 0 Å². The summed E-state index contributed by atoms with van der Waals surface area (Å²) in [5.41, 5.74) is 0.786. The Bertz CT molecular complexity index is 578. The van der Waals surface area contributed by atoms with Crippen LogP contribution in [0.1, 0.15) is 5.69 Å². The van der Waals surface area contributed by atoms with Crippen molar-refractivity contribution in [2.45, 2.75) is 6.61 Å². The van der Waals surface area contributed by atoms with E-state index in [1.807, 2.05) is 0 Å². The molecule has 18 heavy (non-hydrogen) atoms. The van der Waals surface area contributed by atoms with Gasteiger partial charge in [0.25, 0.3) is 0 Å². The summed E-state index contributed by atoms with van der Waals surface area (Å²) in [4.78, 5) is 8.16. The van der Waals surface area contributed by atoms with Gasteiger partial charge < -0.3 is 4.74 Å². The summed E-state index contributed by atoms with van der Waals surface area (Å²) < 4.78 is 18.8. The molecule has 0 fully saturated rings. The fourth-order valence-corrected chi connectivity index (χ4v) is 1.86. The minimum absolute atomic E-state index is 0.0179. The third-order valence-corrected chi connectivity index (χ3v) is 2.72. The number of benzene rings is 1. The predicted octanol–water partition coefficient (Wildman–Crippen LogP) is 3.74. The molecule has 0 aliphatic carbocycles. The average Bonchev–Trinajstić information content (AvgIpc) is 2.32. The van der Waals surface area contributed by atoms with Gasteiger partial charge in [-0.2, -0.15) is 0 Å². The van der Waals surface area contributed by atoms with Gasteiger partial charge in [-0.15, -0.1) is 0 Å². The average molecular weight is 287 g/mol. The third kappa shape index (κ3) is 2.77. The van der Waals surface area contributed by atoms with Crippen molar-refractivity contribution in [3.8, 4) is 11.4 Å². The van der Waals surface area contributed by atoms with E-state index >= 15 is 0 Å². The molecule has 94 valence electrons. The monoisotopic (exact) mass is 286 g/mol. The van der Waals surface area contributed by atoms with E-state index in [9.17, 15) is 4.39 Å². The second-order valence-electron chi connectivity index (χ2n) is 3.54. The normalized spacial score (nSPS) is 10.7. The van der Waals surface area contributed by atoms with Gasteiger partial charge in [0.05, 0.1) is 22.9 Å². The lowest BCUT2D eigenvalue weighted by molar-refractivity contribution is 0.181. The SMILES string of the molecule is COCc1cc(Cl)nc(-c2cccc(Cl)c2F)n1. The second-order valence-corrected chi connectivity index (χ2v) is 4.33. The Morgan fingerprint density at radius 1 is 1.28 bits per heavy atom. The number of halogens is 3. The summed E-state index contributed by atoms with van der Waals surface area (Å²) in [7, 11) is 1.54. The van der Waals surface area contributed by atoms with E-state index in [-0.39, 0.29) is 28.2 Å². The van der Waals surface area contributed by atoms with Crippen LogP contribution in [0.3, 0.4) is 0 Å². The van der Waals surface area contributed by atoms with Crippen LogP contribution in [-0.4, -0.2) is 17.1 Å². The van der Waals surface area contributed by atoms with Gasteiger partial charge in [0.2, 0.25) is 0 Å². The number of hydrogen-bond acceptors (Lipinski definition) is 3. The predicted molar refractivity (Wildman–Crippen MR) is 68.2 cm³/mol. The maximum absolute atomic E-state index is 13.9. The first kappa shape index (κ1) is 13.2. The van der Waals surface area contributed by atoms with E-state index in [2.05, 4.69) is 9.97 Å². The van der Waals surface area contributed by atoms with E-state index in [1.165, 1.54) is 13.2 Å². The first-order valence-electron chi connectivity index (χ1n) is 5.08. The van der Waals surface area contributed by atoms with Crippen LogP contribution in [-0.2, 0) is 11.3 Å². The maximum Gasteiger partial charge on any atom is 0.164 e. The molecule has 1 aromatic carbocycles. The van der Waals surface area contributed by atoms with E-state index in [0.29, 0.717) is 5.69 Å². The lowest BCUT2D eigenvalue weighted by atomic mass is 10.2. The van der Waals surface area contributed by atoms with Crippen molar-refractivity contribution in [1.82, 2.24) is 9.97 Å². The van der Waals surface area contributed by atoms with Gasteiger partial charge in [-0.1, -0.05) is 29.3 Å². The number of hydrogen-bond donors (Lipinski definition) is 0. The first-order valence-corrected chi connectivity index (χ1v) is 5.84. The molecule has 3 nitrogen and oxygen atoms in total. The fraction of sp³-hybridized carbons (Fsp3) is 0.167. The summed E-state index contributed by atoms with van der Waals surface area (Å²) in [5, 5.41) is 0.246. The zero-order valence-corrected chi connectivity index (χ0v) is 11.0. The van der Waals surface area contributed by atoms with Crippen molar-refractivity contribution in [2.75, 3.05) is 7.11 Å². The fourth-order valence-electron chi connectivity index (χ4n) is 1.48. The molecule has 0 radical (unpaired) electrons. The molecule has 0 saturated carbocycles. The van der Waals surface area contributed by atoms with Gasteiger partial charge in [0.1, 0.15) is 5.15 Å². The molecule has 0 saturated heterocycles. The highest BCUT2D eigenvalue weighted by Crippen LogP contribution is 2.26. The minimum atomic E-state index is -0.565. The molecule has 0 aliphatic rings. The number of ether oxygens (including phenoxy) is 1. The molecular weight excluding hydrogens is 278 g/mol. The highest BCUT2D eigenvalue weighted by molar-refractivity contribution is 6.31. The standard InChI is InChI=1S/C12H9Cl2FN2O/c1-18-6-7-5-10(14)17-12(16-7)8-3-2-4-9(13)11(8)15/h2-5H,6H2,1H3. The highest BCUT2D eigenvalue weighted by atomic mass is 35.5. The lowest BCUT2D eigenvalue weighted by Gasteiger charge is -2.06. The Morgan fingerprint density at radius 3 is 2.78 bits per heavy atom. The van der Waals surface area contributed by atoms with Crippen LogP contribution in [0.25, 0.3) is 11.4 Å². The third-order valence-electron chi connectivity index (χ3n) is 2.23.